The van der Waals surface area contributed by atoms with E-state index < -0.39 is 12.0 Å². The number of rotatable bonds is 2. The van der Waals surface area contributed by atoms with Crippen molar-refractivity contribution < 1.29 is 14.3 Å². The summed E-state index contributed by atoms with van der Waals surface area (Å²) in [4.78, 5) is 25.2. The van der Waals surface area contributed by atoms with Gasteiger partial charge in [-0.15, -0.1) is 0 Å². The normalized spacial score (nSPS) is 24.0. The van der Waals surface area contributed by atoms with Gasteiger partial charge in [-0.25, -0.2) is 4.79 Å². The van der Waals surface area contributed by atoms with Crippen molar-refractivity contribution in [2.45, 2.75) is 25.0 Å². The molecule has 2 aliphatic rings. The average molecular weight is 324 g/mol. The molecule has 1 aromatic carbocycles. The Hall–Kier alpha value is -1.79. The number of carbonyl (C=O) groups is 2. The molecule has 0 saturated carbocycles. The van der Waals surface area contributed by atoms with Gasteiger partial charge in [-0.2, -0.15) is 0 Å². The van der Waals surface area contributed by atoms with Gasteiger partial charge in [0.15, 0.2) is 6.10 Å². The minimum Gasteiger partial charge on any atom is -0.367 e. The summed E-state index contributed by atoms with van der Waals surface area (Å²) >= 11 is 6.18. The van der Waals surface area contributed by atoms with E-state index in [0.29, 0.717) is 13.2 Å². The summed E-state index contributed by atoms with van der Waals surface area (Å²) in [6.07, 6.45) is 0.950. The fraction of sp³-hybridized carbons (Fsp3) is 0.467. The molecule has 0 bridgehead atoms. The fourth-order valence-electron chi connectivity index (χ4n) is 3.01. The average Bonchev–Trinajstić information content (AvgIpc) is 2.92. The van der Waals surface area contributed by atoms with Gasteiger partial charge in [-0.05, 0) is 30.0 Å². The van der Waals surface area contributed by atoms with Crippen molar-refractivity contribution in [3.8, 4) is 0 Å². The van der Waals surface area contributed by atoms with Crippen molar-refractivity contribution in [3.63, 3.8) is 0 Å². The molecule has 3 N–H and O–H groups in total. The maximum absolute atomic E-state index is 12.4. The lowest BCUT2D eigenvalue weighted by Gasteiger charge is -2.32. The Morgan fingerprint density at radius 1 is 1.41 bits per heavy atom. The molecule has 0 spiro atoms. The SMILES string of the molecule is NC(=O)C1CN(C(=O)NC2CCc3c(Cl)cccc32)CCO1. The van der Waals surface area contributed by atoms with Crippen molar-refractivity contribution in [1.82, 2.24) is 10.2 Å². The van der Waals surface area contributed by atoms with Crippen molar-refractivity contribution >= 4 is 23.5 Å². The van der Waals surface area contributed by atoms with Crippen molar-refractivity contribution in [1.29, 1.82) is 0 Å². The van der Waals surface area contributed by atoms with Gasteiger partial charge in [0.2, 0.25) is 5.91 Å². The highest BCUT2D eigenvalue weighted by atomic mass is 35.5. The Balaban J connectivity index is 1.66. The van der Waals surface area contributed by atoms with Gasteiger partial charge < -0.3 is 20.7 Å². The van der Waals surface area contributed by atoms with Gasteiger partial charge in [0, 0.05) is 11.6 Å². The van der Waals surface area contributed by atoms with Gasteiger partial charge in [0.1, 0.15) is 0 Å². The lowest BCUT2D eigenvalue weighted by molar-refractivity contribution is -0.133. The molecule has 1 saturated heterocycles. The molecule has 0 radical (unpaired) electrons. The molecule has 3 amide bonds. The second-order valence-electron chi connectivity index (χ2n) is 5.56. The number of nitrogens with one attached hydrogen (secondary N) is 1. The molecule has 1 aromatic rings. The van der Waals surface area contributed by atoms with Gasteiger partial charge in [0.05, 0.1) is 19.2 Å². The highest BCUT2D eigenvalue weighted by Gasteiger charge is 2.31. The molecule has 0 aromatic heterocycles. The molecule has 1 aliphatic heterocycles. The minimum absolute atomic E-state index is 0.0453. The summed E-state index contributed by atoms with van der Waals surface area (Å²) < 4.78 is 5.25. The zero-order valence-corrected chi connectivity index (χ0v) is 12.8. The zero-order chi connectivity index (χ0) is 15.7. The van der Waals surface area contributed by atoms with Crippen LogP contribution in [0.5, 0.6) is 0 Å². The predicted octanol–water partition coefficient (Wildman–Crippen LogP) is 1.22. The predicted molar refractivity (Wildman–Crippen MR) is 81.6 cm³/mol. The molecular formula is C15H18ClN3O3. The van der Waals surface area contributed by atoms with Crippen LogP contribution in [-0.4, -0.2) is 42.6 Å². The standard InChI is InChI=1S/C15H18ClN3O3/c16-11-3-1-2-10-9(11)4-5-12(10)18-15(21)19-6-7-22-13(8-19)14(17)20/h1-3,12-13H,4-8H2,(H2,17,20)(H,18,21). The molecule has 6 nitrogen and oxygen atoms in total. The molecule has 1 heterocycles. The molecule has 7 heteroatoms. The van der Waals surface area contributed by atoms with Crippen LogP contribution in [0.4, 0.5) is 4.79 Å². The summed E-state index contributed by atoms with van der Waals surface area (Å²) in [7, 11) is 0. The third-order valence-electron chi connectivity index (χ3n) is 4.18. The molecule has 2 atom stereocenters. The van der Waals surface area contributed by atoms with E-state index in [1.54, 1.807) is 4.90 Å². The summed E-state index contributed by atoms with van der Waals surface area (Å²) in [6.45, 7) is 0.954. The molecule has 3 rings (SSSR count). The first-order chi connectivity index (χ1) is 10.6. The number of halogens is 1. The number of nitrogens with zero attached hydrogens (tertiary/aromatic N) is 1. The third kappa shape index (κ3) is 2.89. The van der Waals surface area contributed by atoms with E-state index in [9.17, 15) is 9.59 Å². The van der Waals surface area contributed by atoms with Crippen LogP contribution in [-0.2, 0) is 16.0 Å². The highest BCUT2D eigenvalue weighted by Crippen LogP contribution is 2.35. The van der Waals surface area contributed by atoms with Crippen LogP contribution < -0.4 is 11.1 Å². The zero-order valence-electron chi connectivity index (χ0n) is 12.0. The lowest BCUT2D eigenvalue weighted by atomic mass is 10.1. The van der Waals surface area contributed by atoms with Crippen molar-refractivity contribution in [2.75, 3.05) is 19.7 Å². The molecule has 22 heavy (non-hydrogen) atoms. The Morgan fingerprint density at radius 3 is 3.00 bits per heavy atom. The first-order valence-electron chi connectivity index (χ1n) is 7.30. The minimum atomic E-state index is -0.732. The second kappa shape index (κ2) is 6.14. The number of primary amides is 1. The van der Waals surface area contributed by atoms with Crippen LogP contribution in [0.15, 0.2) is 18.2 Å². The summed E-state index contributed by atoms with van der Waals surface area (Å²) in [5.74, 6) is -0.546. The summed E-state index contributed by atoms with van der Waals surface area (Å²) in [5.41, 5.74) is 7.41. The monoisotopic (exact) mass is 323 g/mol. The smallest absolute Gasteiger partial charge is 0.318 e. The number of hydrogen-bond acceptors (Lipinski definition) is 3. The molecular weight excluding hydrogens is 306 g/mol. The number of amides is 3. The summed E-state index contributed by atoms with van der Waals surface area (Å²) in [6, 6.07) is 5.50. The van der Waals surface area contributed by atoms with Gasteiger partial charge >= 0.3 is 6.03 Å². The molecule has 2 unspecified atom stereocenters. The van der Waals surface area contributed by atoms with Crippen LogP contribution in [0.2, 0.25) is 5.02 Å². The maximum atomic E-state index is 12.4. The highest BCUT2D eigenvalue weighted by molar-refractivity contribution is 6.31. The number of fused-ring (bicyclic) bond motifs is 1. The Kier molecular flexibility index (Phi) is 4.22. The van der Waals surface area contributed by atoms with E-state index in [2.05, 4.69) is 5.32 Å². The van der Waals surface area contributed by atoms with Gasteiger partial charge in [0.25, 0.3) is 0 Å². The quantitative estimate of drug-likeness (QED) is 0.858. The van der Waals surface area contributed by atoms with Crippen LogP contribution in [0, 0.1) is 0 Å². The van der Waals surface area contributed by atoms with Crippen LogP contribution >= 0.6 is 11.6 Å². The molecule has 118 valence electrons. The van der Waals surface area contributed by atoms with E-state index >= 15 is 0 Å². The Bertz CT molecular complexity index is 608. The van der Waals surface area contributed by atoms with E-state index in [1.165, 1.54) is 0 Å². The van der Waals surface area contributed by atoms with E-state index in [-0.39, 0.29) is 18.6 Å². The Labute approximate surface area is 133 Å². The number of morpholine rings is 1. The number of ether oxygens (including phenoxy) is 1. The fourth-order valence-corrected chi connectivity index (χ4v) is 3.28. The van der Waals surface area contributed by atoms with Crippen LogP contribution in [0.3, 0.4) is 0 Å². The first kappa shape index (κ1) is 15.1. The second-order valence-corrected chi connectivity index (χ2v) is 5.96. The number of benzene rings is 1. The topological polar surface area (TPSA) is 84.7 Å². The summed E-state index contributed by atoms with van der Waals surface area (Å²) in [5, 5.41) is 3.76. The van der Waals surface area contributed by atoms with E-state index in [1.807, 2.05) is 18.2 Å². The Morgan fingerprint density at radius 2 is 2.23 bits per heavy atom. The number of urea groups is 1. The van der Waals surface area contributed by atoms with E-state index in [4.69, 9.17) is 22.1 Å². The number of nitrogens with two attached hydrogens (primary N) is 1. The van der Waals surface area contributed by atoms with Crippen molar-refractivity contribution in [3.05, 3.63) is 34.3 Å². The molecule has 1 aliphatic carbocycles. The number of hydrogen-bond donors (Lipinski definition) is 2. The largest absolute Gasteiger partial charge is 0.367 e. The van der Waals surface area contributed by atoms with Crippen LogP contribution in [0.1, 0.15) is 23.6 Å². The van der Waals surface area contributed by atoms with Crippen LogP contribution in [0.25, 0.3) is 0 Å². The van der Waals surface area contributed by atoms with Gasteiger partial charge in [-0.1, -0.05) is 23.7 Å². The van der Waals surface area contributed by atoms with E-state index in [0.717, 1.165) is 29.0 Å². The molecule has 1 fully saturated rings. The van der Waals surface area contributed by atoms with Gasteiger partial charge in [-0.3, -0.25) is 4.79 Å². The third-order valence-corrected chi connectivity index (χ3v) is 4.54. The lowest BCUT2D eigenvalue weighted by Crippen LogP contribution is -2.53. The maximum Gasteiger partial charge on any atom is 0.318 e. The number of carbonyl (C=O) groups excluding carboxylic acids is 2. The van der Waals surface area contributed by atoms with Crippen molar-refractivity contribution in [2.24, 2.45) is 5.73 Å². The first-order valence-corrected chi connectivity index (χ1v) is 7.67.